The van der Waals surface area contributed by atoms with Gasteiger partial charge in [-0.3, -0.25) is 4.72 Å². The van der Waals surface area contributed by atoms with E-state index in [0.717, 1.165) is 11.6 Å². The van der Waals surface area contributed by atoms with Crippen LogP contribution in [-0.2, 0) is 16.6 Å². The van der Waals surface area contributed by atoms with Crippen LogP contribution < -0.4 is 10.0 Å². The average molecular weight is 308 g/mol. The highest BCUT2D eigenvalue weighted by molar-refractivity contribution is 7.92. The third-order valence-corrected chi connectivity index (χ3v) is 4.58. The van der Waals surface area contributed by atoms with E-state index >= 15 is 0 Å². The quantitative estimate of drug-likeness (QED) is 0.893. The molecule has 0 radical (unpaired) electrons. The van der Waals surface area contributed by atoms with Crippen LogP contribution in [-0.4, -0.2) is 15.5 Å². The SMILES string of the molecule is CNCc1ccccc1NS(=O)(=O)c1cc(F)ccc1C. The van der Waals surface area contributed by atoms with Crippen LogP contribution in [0.25, 0.3) is 0 Å². The highest BCUT2D eigenvalue weighted by Crippen LogP contribution is 2.22. The fourth-order valence-electron chi connectivity index (χ4n) is 2.03. The summed E-state index contributed by atoms with van der Waals surface area (Å²) >= 11 is 0. The predicted octanol–water partition coefficient (Wildman–Crippen LogP) is 2.65. The fourth-order valence-corrected chi connectivity index (χ4v) is 3.39. The summed E-state index contributed by atoms with van der Waals surface area (Å²) in [5.41, 5.74) is 1.79. The highest BCUT2D eigenvalue weighted by Gasteiger charge is 2.18. The fraction of sp³-hybridized carbons (Fsp3) is 0.200. The smallest absolute Gasteiger partial charge is 0.262 e. The first-order valence-corrected chi connectivity index (χ1v) is 7.94. The van der Waals surface area contributed by atoms with Gasteiger partial charge in [-0.2, -0.15) is 0 Å². The second-order valence-corrected chi connectivity index (χ2v) is 6.35. The number of aryl methyl sites for hydroxylation is 1. The van der Waals surface area contributed by atoms with Gasteiger partial charge in [0.15, 0.2) is 0 Å². The van der Waals surface area contributed by atoms with Gasteiger partial charge in [-0.25, -0.2) is 12.8 Å². The number of hydrogen-bond donors (Lipinski definition) is 2. The largest absolute Gasteiger partial charge is 0.316 e. The summed E-state index contributed by atoms with van der Waals surface area (Å²) in [6.07, 6.45) is 0. The van der Waals surface area contributed by atoms with E-state index in [9.17, 15) is 12.8 Å². The van der Waals surface area contributed by atoms with Crippen molar-refractivity contribution in [2.24, 2.45) is 0 Å². The second kappa shape index (κ2) is 6.24. The van der Waals surface area contributed by atoms with Gasteiger partial charge >= 0.3 is 0 Å². The monoisotopic (exact) mass is 308 g/mol. The van der Waals surface area contributed by atoms with Gasteiger partial charge in [0.25, 0.3) is 10.0 Å². The van der Waals surface area contributed by atoms with Crippen molar-refractivity contribution >= 4 is 15.7 Å². The number of para-hydroxylation sites is 1. The standard InChI is InChI=1S/C15H17FN2O2S/c1-11-7-8-13(16)9-15(11)21(19,20)18-14-6-4-3-5-12(14)10-17-2/h3-9,17-18H,10H2,1-2H3. The first-order chi connectivity index (χ1) is 9.94. The number of rotatable bonds is 5. The normalized spacial score (nSPS) is 11.4. The Morgan fingerprint density at radius 2 is 1.86 bits per heavy atom. The van der Waals surface area contributed by atoms with Gasteiger partial charge in [0, 0.05) is 6.54 Å². The van der Waals surface area contributed by atoms with E-state index in [-0.39, 0.29) is 4.90 Å². The van der Waals surface area contributed by atoms with Crippen LogP contribution in [0.4, 0.5) is 10.1 Å². The maximum atomic E-state index is 13.3. The summed E-state index contributed by atoms with van der Waals surface area (Å²) in [5, 5.41) is 2.98. The van der Waals surface area contributed by atoms with E-state index in [0.29, 0.717) is 17.8 Å². The van der Waals surface area contributed by atoms with Gasteiger partial charge in [0.1, 0.15) is 5.82 Å². The van der Waals surface area contributed by atoms with Crippen LogP contribution in [0.5, 0.6) is 0 Å². The van der Waals surface area contributed by atoms with Crippen LogP contribution in [0.1, 0.15) is 11.1 Å². The molecule has 0 atom stereocenters. The number of nitrogens with one attached hydrogen (secondary N) is 2. The first kappa shape index (κ1) is 15.5. The maximum absolute atomic E-state index is 13.3. The van der Waals surface area contributed by atoms with Gasteiger partial charge in [-0.05, 0) is 43.3 Å². The molecule has 2 rings (SSSR count). The van der Waals surface area contributed by atoms with Gasteiger partial charge in [0.2, 0.25) is 0 Å². The Morgan fingerprint density at radius 1 is 1.14 bits per heavy atom. The lowest BCUT2D eigenvalue weighted by Gasteiger charge is -2.13. The number of halogens is 1. The maximum Gasteiger partial charge on any atom is 0.262 e. The molecule has 2 N–H and O–H groups in total. The minimum absolute atomic E-state index is 0.0539. The molecule has 6 heteroatoms. The van der Waals surface area contributed by atoms with Crippen molar-refractivity contribution < 1.29 is 12.8 Å². The second-order valence-electron chi connectivity index (χ2n) is 4.70. The predicted molar refractivity (Wildman–Crippen MR) is 81.2 cm³/mol. The Balaban J connectivity index is 2.40. The Morgan fingerprint density at radius 3 is 2.57 bits per heavy atom. The van der Waals surface area contributed by atoms with Gasteiger partial charge < -0.3 is 5.32 Å². The average Bonchev–Trinajstić information content (AvgIpc) is 2.43. The Bertz CT molecular complexity index is 745. The minimum atomic E-state index is -3.83. The van der Waals surface area contributed by atoms with E-state index in [1.54, 1.807) is 26.1 Å². The molecule has 0 aliphatic heterocycles. The Kier molecular flexibility index (Phi) is 4.59. The summed E-state index contributed by atoms with van der Waals surface area (Å²) in [5.74, 6) is -0.579. The van der Waals surface area contributed by atoms with Crippen molar-refractivity contribution in [1.82, 2.24) is 5.32 Å². The van der Waals surface area contributed by atoms with E-state index in [4.69, 9.17) is 0 Å². The van der Waals surface area contributed by atoms with E-state index in [2.05, 4.69) is 10.0 Å². The zero-order chi connectivity index (χ0) is 15.5. The van der Waals surface area contributed by atoms with Gasteiger partial charge in [-0.15, -0.1) is 0 Å². The van der Waals surface area contributed by atoms with Crippen molar-refractivity contribution in [3.05, 3.63) is 59.4 Å². The molecule has 4 nitrogen and oxygen atoms in total. The molecular formula is C15H17FN2O2S. The lowest BCUT2D eigenvalue weighted by molar-refractivity contribution is 0.594. The molecule has 0 aliphatic carbocycles. The summed E-state index contributed by atoms with van der Waals surface area (Å²) in [7, 11) is -2.05. The molecule has 0 bridgehead atoms. The van der Waals surface area contributed by atoms with E-state index in [1.807, 2.05) is 12.1 Å². The summed E-state index contributed by atoms with van der Waals surface area (Å²) in [4.78, 5) is -0.0539. The van der Waals surface area contributed by atoms with Crippen LogP contribution >= 0.6 is 0 Å². The van der Waals surface area contributed by atoms with Gasteiger partial charge in [-0.1, -0.05) is 24.3 Å². The Hall–Kier alpha value is -1.92. The molecule has 21 heavy (non-hydrogen) atoms. The van der Waals surface area contributed by atoms with Crippen molar-refractivity contribution in [2.45, 2.75) is 18.4 Å². The number of benzene rings is 2. The molecule has 0 heterocycles. The molecule has 0 unspecified atom stereocenters. The molecule has 2 aromatic rings. The molecule has 0 amide bonds. The van der Waals surface area contributed by atoms with Gasteiger partial charge in [0.05, 0.1) is 10.6 Å². The van der Waals surface area contributed by atoms with Crippen molar-refractivity contribution in [1.29, 1.82) is 0 Å². The molecule has 0 aromatic heterocycles. The lowest BCUT2D eigenvalue weighted by atomic mass is 10.2. The summed E-state index contributed by atoms with van der Waals surface area (Å²) in [6, 6.07) is 10.8. The topological polar surface area (TPSA) is 58.2 Å². The molecule has 2 aromatic carbocycles. The van der Waals surface area contributed by atoms with Crippen molar-refractivity contribution in [2.75, 3.05) is 11.8 Å². The molecule has 0 fully saturated rings. The highest BCUT2D eigenvalue weighted by atomic mass is 32.2. The van der Waals surface area contributed by atoms with Crippen LogP contribution in [0.3, 0.4) is 0 Å². The van der Waals surface area contributed by atoms with Crippen molar-refractivity contribution in [3.63, 3.8) is 0 Å². The molecule has 0 spiro atoms. The van der Waals surface area contributed by atoms with Crippen LogP contribution in [0.15, 0.2) is 47.4 Å². The van der Waals surface area contributed by atoms with Crippen LogP contribution in [0.2, 0.25) is 0 Å². The Labute approximate surface area is 124 Å². The van der Waals surface area contributed by atoms with Crippen LogP contribution in [0, 0.1) is 12.7 Å². The zero-order valence-electron chi connectivity index (χ0n) is 11.9. The summed E-state index contributed by atoms with van der Waals surface area (Å²) < 4.78 is 40.7. The first-order valence-electron chi connectivity index (χ1n) is 6.45. The summed E-state index contributed by atoms with van der Waals surface area (Å²) in [6.45, 7) is 2.16. The number of hydrogen-bond acceptors (Lipinski definition) is 3. The lowest BCUT2D eigenvalue weighted by Crippen LogP contribution is -2.17. The molecule has 0 saturated heterocycles. The zero-order valence-corrected chi connectivity index (χ0v) is 12.7. The molecule has 112 valence electrons. The number of sulfonamides is 1. The molecular weight excluding hydrogens is 291 g/mol. The number of anilines is 1. The third kappa shape index (κ3) is 3.59. The molecule has 0 saturated carbocycles. The third-order valence-electron chi connectivity index (χ3n) is 3.07. The molecule has 0 aliphatic rings. The minimum Gasteiger partial charge on any atom is -0.316 e. The van der Waals surface area contributed by atoms with E-state index < -0.39 is 15.8 Å². The van der Waals surface area contributed by atoms with E-state index in [1.165, 1.54) is 12.1 Å². The van der Waals surface area contributed by atoms with Crippen molar-refractivity contribution in [3.8, 4) is 0 Å².